The molecule has 0 aromatic heterocycles. The quantitative estimate of drug-likeness (QED) is 0.413. The van der Waals surface area contributed by atoms with E-state index in [1.54, 1.807) is 0 Å². The molecule has 0 aliphatic heterocycles. The minimum atomic E-state index is -4.33. The van der Waals surface area contributed by atoms with Crippen LogP contribution in [0.25, 0.3) is 0 Å². The van der Waals surface area contributed by atoms with Crippen LogP contribution in [0.1, 0.15) is 10.4 Å². The number of rotatable bonds is 4. The topological polar surface area (TPSA) is 118 Å². The number of sulfone groups is 1. The van der Waals surface area contributed by atoms with Crippen molar-refractivity contribution >= 4 is 79.3 Å². The lowest BCUT2D eigenvalue weighted by atomic mass is 10.2. The Kier molecular flexibility index (Phi) is 6.35. The molecular weight excluding hydrogens is 582 g/mol. The summed E-state index contributed by atoms with van der Waals surface area (Å²) in [6.07, 6.45) is 0. The van der Waals surface area contributed by atoms with Crippen LogP contribution < -0.4 is 5.32 Å². The van der Waals surface area contributed by atoms with Crippen LogP contribution in [-0.2, 0) is 20.0 Å². The van der Waals surface area contributed by atoms with Crippen molar-refractivity contribution in [3.63, 3.8) is 0 Å². The van der Waals surface area contributed by atoms with Gasteiger partial charge in [0.1, 0.15) is 0 Å². The van der Waals surface area contributed by atoms with Crippen molar-refractivity contribution in [3.8, 4) is 0 Å². The van der Waals surface area contributed by atoms with E-state index in [1.165, 1.54) is 36.4 Å². The van der Waals surface area contributed by atoms with Crippen molar-refractivity contribution in [1.82, 2.24) is 0 Å². The van der Waals surface area contributed by atoms with Gasteiger partial charge in [0.05, 0.1) is 9.79 Å². The van der Waals surface area contributed by atoms with Crippen molar-refractivity contribution in [2.45, 2.75) is 11.3 Å². The maximum absolute atomic E-state index is 12.4. The normalized spacial score (nSPS) is 12.6. The first kappa shape index (κ1) is 21.5. The average Bonchev–Trinajstić information content (AvgIpc) is 2.53. The summed E-state index contributed by atoms with van der Waals surface area (Å²) in [6, 6.07) is 10.2. The van der Waals surface area contributed by atoms with Gasteiger partial charge in [-0.15, -0.1) is 0 Å². The van der Waals surface area contributed by atoms with E-state index in [9.17, 15) is 21.6 Å². The molecular formula is C14H10Br3NO6S2. The fourth-order valence-electron chi connectivity index (χ4n) is 1.85. The Labute approximate surface area is 175 Å². The first-order valence-corrected chi connectivity index (χ1v) is 11.9. The molecule has 0 bridgehead atoms. The van der Waals surface area contributed by atoms with Gasteiger partial charge < -0.3 is 5.32 Å². The molecule has 1 amide bonds. The maximum atomic E-state index is 12.4. The Morgan fingerprint density at radius 1 is 0.923 bits per heavy atom. The molecule has 0 atom stereocenters. The summed E-state index contributed by atoms with van der Waals surface area (Å²) in [6.45, 7) is 0. The molecule has 0 fully saturated rings. The molecule has 2 N–H and O–H groups in total. The van der Waals surface area contributed by atoms with Gasteiger partial charge in [-0.05, 0) is 90.3 Å². The van der Waals surface area contributed by atoms with Crippen LogP contribution in [0.4, 0.5) is 5.69 Å². The summed E-state index contributed by atoms with van der Waals surface area (Å²) >= 11 is 8.85. The number of anilines is 1. The van der Waals surface area contributed by atoms with Gasteiger partial charge in [0, 0.05) is 11.3 Å². The molecule has 0 heterocycles. The number of alkyl halides is 3. The lowest BCUT2D eigenvalue weighted by molar-refractivity contribution is 0.102. The van der Waals surface area contributed by atoms with Gasteiger partial charge in [-0.2, -0.15) is 8.42 Å². The highest BCUT2D eigenvalue weighted by molar-refractivity contribution is 9.42. The van der Waals surface area contributed by atoms with Crippen LogP contribution in [0.3, 0.4) is 0 Å². The van der Waals surface area contributed by atoms with Gasteiger partial charge in [0.25, 0.3) is 16.0 Å². The summed E-state index contributed by atoms with van der Waals surface area (Å²) in [4.78, 5) is 11.9. The highest BCUT2D eigenvalue weighted by Gasteiger charge is 2.37. The molecule has 0 aliphatic rings. The lowest BCUT2D eigenvalue weighted by Crippen LogP contribution is -2.19. The largest absolute Gasteiger partial charge is 0.322 e. The number of benzene rings is 2. The van der Waals surface area contributed by atoms with E-state index in [2.05, 4.69) is 53.1 Å². The summed E-state index contributed by atoms with van der Waals surface area (Å²) < 4.78 is 54.1. The van der Waals surface area contributed by atoms with Gasteiger partial charge >= 0.3 is 0 Å². The molecule has 0 saturated heterocycles. The lowest BCUT2D eigenvalue weighted by Gasteiger charge is -2.14. The van der Waals surface area contributed by atoms with Crippen LogP contribution in [0.15, 0.2) is 58.3 Å². The summed E-state index contributed by atoms with van der Waals surface area (Å²) in [5.74, 6) is -0.592. The molecule has 0 radical (unpaired) electrons. The van der Waals surface area contributed by atoms with Crippen molar-refractivity contribution in [1.29, 1.82) is 0 Å². The van der Waals surface area contributed by atoms with Gasteiger partial charge in [-0.1, -0.05) is 6.07 Å². The smallest absolute Gasteiger partial charge is 0.294 e. The predicted octanol–water partition coefficient (Wildman–Crippen LogP) is 3.76. The highest BCUT2D eigenvalue weighted by Crippen LogP contribution is 2.43. The third kappa shape index (κ3) is 4.93. The first-order valence-electron chi connectivity index (χ1n) is 6.63. The Hall–Kier alpha value is -0.790. The maximum Gasteiger partial charge on any atom is 0.294 e. The predicted molar refractivity (Wildman–Crippen MR) is 107 cm³/mol. The van der Waals surface area contributed by atoms with Gasteiger partial charge in [0.2, 0.25) is 11.3 Å². The third-order valence-corrected chi connectivity index (χ3v) is 9.31. The number of carbonyl (C=O) groups excluding carboxylic acids is 1. The van der Waals surface area contributed by atoms with Crippen LogP contribution in [0.2, 0.25) is 0 Å². The molecule has 0 unspecified atom stereocenters. The van der Waals surface area contributed by atoms with E-state index in [-0.39, 0.29) is 21.0 Å². The number of carbonyl (C=O) groups is 1. The second kappa shape index (κ2) is 7.68. The standard InChI is InChI=1S/C14H10Br3NO6S2/c15-14(16,17)25(20,21)12-3-1-2-9(8-12)13(19)18-10-4-6-11(7-5-10)26(22,23)24/h1-8H,(H,18,19)(H,22,23,24). The monoisotopic (exact) mass is 589 g/mol. The minimum Gasteiger partial charge on any atom is -0.322 e. The number of nitrogens with one attached hydrogen (secondary N) is 1. The van der Waals surface area contributed by atoms with Crippen LogP contribution >= 0.6 is 47.8 Å². The summed E-state index contributed by atoms with van der Waals surface area (Å²) in [7, 11) is -8.18. The number of hydrogen-bond donors (Lipinski definition) is 2. The van der Waals surface area contributed by atoms with E-state index in [0.29, 0.717) is 0 Å². The van der Waals surface area contributed by atoms with E-state index in [1.807, 2.05) is 0 Å². The molecule has 0 saturated carbocycles. The van der Waals surface area contributed by atoms with Crippen molar-refractivity contribution in [2.75, 3.05) is 5.32 Å². The van der Waals surface area contributed by atoms with E-state index in [4.69, 9.17) is 4.55 Å². The fraction of sp³-hybridized carbons (Fsp3) is 0.0714. The SMILES string of the molecule is O=C(Nc1ccc(S(=O)(=O)O)cc1)c1cccc(S(=O)(=O)C(Br)(Br)Br)c1. The molecule has 12 heteroatoms. The zero-order chi connectivity index (χ0) is 19.8. The Morgan fingerprint density at radius 3 is 2.00 bits per heavy atom. The van der Waals surface area contributed by atoms with Crippen molar-refractivity contribution in [2.24, 2.45) is 0 Å². The van der Waals surface area contributed by atoms with Crippen molar-refractivity contribution < 1.29 is 26.2 Å². The third-order valence-electron chi connectivity index (χ3n) is 3.12. The Morgan fingerprint density at radius 2 is 1.50 bits per heavy atom. The summed E-state index contributed by atoms with van der Waals surface area (Å²) in [5.41, 5.74) is 0.355. The summed E-state index contributed by atoms with van der Waals surface area (Å²) in [5, 5.41) is 2.51. The van der Waals surface area contributed by atoms with Crippen LogP contribution in [0, 0.1) is 0 Å². The Bertz CT molecular complexity index is 1040. The van der Waals surface area contributed by atoms with Crippen molar-refractivity contribution in [3.05, 3.63) is 54.1 Å². The van der Waals surface area contributed by atoms with E-state index >= 15 is 0 Å². The molecule has 2 rings (SSSR count). The average molecular weight is 592 g/mol. The van der Waals surface area contributed by atoms with E-state index < -0.39 is 27.3 Å². The fourth-order valence-corrected chi connectivity index (χ4v) is 4.82. The molecule has 26 heavy (non-hydrogen) atoms. The number of hydrogen-bond acceptors (Lipinski definition) is 5. The molecule has 7 nitrogen and oxygen atoms in total. The molecule has 0 aliphatic carbocycles. The zero-order valence-electron chi connectivity index (χ0n) is 12.6. The molecule has 140 valence electrons. The second-order valence-corrected chi connectivity index (χ2v) is 16.8. The highest BCUT2D eigenvalue weighted by atomic mass is 80.0. The van der Waals surface area contributed by atoms with Gasteiger partial charge in [-0.25, -0.2) is 8.42 Å². The van der Waals surface area contributed by atoms with Gasteiger partial charge in [-0.3, -0.25) is 9.35 Å². The molecule has 2 aromatic carbocycles. The van der Waals surface area contributed by atoms with Crippen LogP contribution in [-0.4, -0.2) is 28.8 Å². The number of halogens is 3. The van der Waals surface area contributed by atoms with Crippen LogP contribution in [0.5, 0.6) is 0 Å². The first-order chi connectivity index (χ1) is 11.8. The van der Waals surface area contributed by atoms with Gasteiger partial charge in [0.15, 0.2) is 0 Å². The Balaban J connectivity index is 2.27. The molecule has 2 aromatic rings. The minimum absolute atomic E-state index is 0.0849. The zero-order valence-corrected chi connectivity index (χ0v) is 18.9. The second-order valence-electron chi connectivity index (χ2n) is 4.93. The van der Waals surface area contributed by atoms with E-state index in [0.717, 1.165) is 12.1 Å². The molecule has 0 spiro atoms. The number of amides is 1.